The number of hydrogen-bond acceptors (Lipinski definition) is 4. The van der Waals surface area contributed by atoms with Gasteiger partial charge >= 0.3 is 0 Å². The minimum absolute atomic E-state index is 0.313. The van der Waals surface area contributed by atoms with E-state index >= 15 is 0 Å². The fourth-order valence-electron chi connectivity index (χ4n) is 3.39. The molecule has 0 atom stereocenters. The Morgan fingerprint density at radius 3 is 2.69 bits per heavy atom. The molecule has 1 aromatic heterocycles. The third-order valence-corrected chi connectivity index (χ3v) is 5.84. The van der Waals surface area contributed by atoms with Crippen LogP contribution in [0.25, 0.3) is 0 Å². The second kappa shape index (κ2) is 9.74. The second-order valence-corrected chi connectivity index (χ2v) is 7.82. The second-order valence-electron chi connectivity index (χ2n) is 6.79. The molecule has 140 valence electrons. The number of nitrogens with zero attached hydrogens (tertiary/aromatic N) is 2. The highest BCUT2D eigenvalue weighted by atomic mass is 32.1. The monoisotopic (exact) mass is 372 g/mol. The van der Waals surface area contributed by atoms with Gasteiger partial charge in [0, 0.05) is 44.0 Å². The molecule has 26 heavy (non-hydrogen) atoms. The zero-order chi connectivity index (χ0) is 18.2. The van der Waals surface area contributed by atoms with Gasteiger partial charge in [-0.05, 0) is 48.4 Å². The van der Waals surface area contributed by atoms with Crippen LogP contribution in [0.15, 0.2) is 41.8 Å². The highest BCUT2D eigenvalue weighted by Crippen LogP contribution is 2.16. The Morgan fingerprint density at radius 2 is 1.96 bits per heavy atom. The van der Waals surface area contributed by atoms with Crippen molar-refractivity contribution in [3.8, 4) is 5.75 Å². The van der Waals surface area contributed by atoms with E-state index < -0.39 is 0 Å². The van der Waals surface area contributed by atoms with Crippen LogP contribution in [-0.2, 0) is 17.8 Å². The van der Waals surface area contributed by atoms with E-state index in [-0.39, 0.29) is 0 Å². The summed E-state index contributed by atoms with van der Waals surface area (Å²) in [5.74, 6) is 1.21. The van der Waals surface area contributed by atoms with E-state index in [0.29, 0.717) is 12.3 Å². The Kier molecular flexibility index (Phi) is 7.09. The molecule has 1 aliphatic heterocycles. The Balaban J connectivity index is 1.42. The van der Waals surface area contributed by atoms with Crippen LogP contribution in [0.2, 0.25) is 0 Å². The van der Waals surface area contributed by atoms with Gasteiger partial charge in [-0.1, -0.05) is 18.2 Å². The van der Waals surface area contributed by atoms with Gasteiger partial charge in [0.2, 0.25) is 5.91 Å². The number of methoxy groups -OCH3 is 1. The molecule has 2 heterocycles. The number of hydrogen-bond donors (Lipinski definition) is 0. The molecule has 1 amide bonds. The van der Waals surface area contributed by atoms with Crippen LogP contribution in [0.3, 0.4) is 0 Å². The number of thiophene rings is 1. The first-order valence-electron chi connectivity index (χ1n) is 9.40. The highest BCUT2D eigenvalue weighted by Gasteiger charge is 2.19. The van der Waals surface area contributed by atoms with E-state index in [4.69, 9.17) is 4.74 Å². The zero-order valence-electron chi connectivity index (χ0n) is 15.5. The Labute approximate surface area is 160 Å². The molecule has 4 nitrogen and oxygen atoms in total. The van der Waals surface area contributed by atoms with Gasteiger partial charge in [-0.2, -0.15) is 0 Å². The Bertz CT molecular complexity index is 670. The Hall–Kier alpha value is -1.85. The van der Waals surface area contributed by atoms with Crippen LogP contribution < -0.4 is 4.74 Å². The number of amides is 1. The first-order valence-corrected chi connectivity index (χ1v) is 10.3. The predicted octanol–water partition coefficient (Wildman–Crippen LogP) is 3.81. The van der Waals surface area contributed by atoms with Gasteiger partial charge in [0.1, 0.15) is 5.75 Å². The number of rotatable bonds is 7. The molecule has 1 saturated heterocycles. The molecule has 1 aliphatic rings. The lowest BCUT2D eigenvalue weighted by molar-refractivity contribution is -0.131. The van der Waals surface area contributed by atoms with E-state index in [1.807, 2.05) is 12.1 Å². The van der Waals surface area contributed by atoms with Crippen LogP contribution in [0, 0.1) is 0 Å². The van der Waals surface area contributed by atoms with Crippen LogP contribution in [0.1, 0.15) is 29.7 Å². The minimum Gasteiger partial charge on any atom is -0.497 e. The fourth-order valence-corrected chi connectivity index (χ4v) is 4.15. The van der Waals surface area contributed by atoms with E-state index in [0.717, 1.165) is 57.7 Å². The Morgan fingerprint density at radius 1 is 1.12 bits per heavy atom. The topological polar surface area (TPSA) is 32.8 Å². The molecule has 5 heteroatoms. The molecule has 3 rings (SSSR count). The summed E-state index contributed by atoms with van der Waals surface area (Å²) >= 11 is 1.78. The van der Waals surface area contributed by atoms with E-state index in [2.05, 4.69) is 39.4 Å². The lowest BCUT2D eigenvalue weighted by atomic mass is 10.2. The van der Waals surface area contributed by atoms with Crippen molar-refractivity contribution in [2.75, 3.05) is 33.3 Å². The number of carbonyl (C=O) groups is 1. The van der Waals surface area contributed by atoms with Crippen molar-refractivity contribution in [2.45, 2.75) is 32.2 Å². The van der Waals surface area contributed by atoms with Gasteiger partial charge in [-0.25, -0.2) is 0 Å². The lowest BCUT2D eigenvalue weighted by Gasteiger charge is -2.22. The van der Waals surface area contributed by atoms with Crippen molar-refractivity contribution >= 4 is 17.2 Å². The van der Waals surface area contributed by atoms with Crippen molar-refractivity contribution in [3.63, 3.8) is 0 Å². The van der Waals surface area contributed by atoms with Crippen molar-refractivity contribution in [1.29, 1.82) is 0 Å². The largest absolute Gasteiger partial charge is 0.497 e. The molecular weight excluding hydrogens is 344 g/mol. The third-order valence-electron chi connectivity index (χ3n) is 4.90. The summed E-state index contributed by atoms with van der Waals surface area (Å²) in [7, 11) is 1.69. The number of aryl methyl sites for hydroxylation is 1. The molecule has 1 fully saturated rings. The van der Waals surface area contributed by atoms with E-state index in [1.54, 1.807) is 18.4 Å². The maximum Gasteiger partial charge on any atom is 0.222 e. The number of carbonyl (C=O) groups excluding carboxylic acids is 1. The van der Waals surface area contributed by atoms with Gasteiger partial charge in [-0.3, -0.25) is 9.69 Å². The molecule has 2 aromatic rings. The van der Waals surface area contributed by atoms with Gasteiger partial charge in [0.15, 0.2) is 0 Å². The molecule has 0 spiro atoms. The molecule has 0 aliphatic carbocycles. The molecule has 0 unspecified atom stereocenters. The molecular formula is C21H28N2O2S. The van der Waals surface area contributed by atoms with Crippen molar-refractivity contribution in [1.82, 2.24) is 9.80 Å². The summed E-state index contributed by atoms with van der Waals surface area (Å²) in [5, 5.41) is 2.10. The molecule has 0 bridgehead atoms. The summed E-state index contributed by atoms with van der Waals surface area (Å²) in [6.45, 7) is 4.66. The quantitative estimate of drug-likeness (QED) is 0.741. The standard InChI is InChI=1S/C21H28N2O2S/c1-25-19-10-8-18(9-11-19)17-22-12-4-13-23(15-14-22)21(24)7-2-5-20-6-3-16-26-20/h3,6,8-11,16H,2,4-5,7,12-15,17H2,1H3. The van der Waals surface area contributed by atoms with Crippen LogP contribution in [-0.4, -0.2) is 49.0 Å². The average Bonchev–Trinajstić information content (AvgIpc) is 3.07. The van der Waals surface area contributed by atoms with Gasteiger partial charge in [0.05, 0.1) is 7.11 Å². The fraction of sp³-hybridized carbons (Fsp3) is 0.476. The highest BCUT2D eigenvalue weighted by molar-refractivity contribution is 7.09. The maximum absolute atomic E-state index is 12.5. The van der Waals surface area contributed by atoms with E-state index in [1.165, 1.54) is 10.4 Å². The van der Waals surface area contributed by atoms with Crippen molar-refractivity contribution in [3.05, 3.63) is 52.2 Å². The summed E-state index contributed by atoms with van der Waals surface area (Å²) in [6.07, 6.45) is 3.68. The molecule has 1 aromatic carbocycles. The van der Waals surface area contributed by atoms with Crippen molar-refractivity contribution in [2.24, 2.45) is 0 Å². The van der Waals surface area contributed by atoms with Gasteiger partial charge < -0.3 is 9.64 Å². The summed E-state index contributed by atoms with van der Waals surface area (Å²) < 4.78 is 5.22. The smallest absolute Gasteiger partial charge is 0.222 e. The van der Waals surface area contributed by atoms with E-state index in [9.17, 15) is 4.79 Å². The minimum atomic E-state index is 0.313. The first-order chi connectivity index (χ1) is 12.7. The number of benzene rings is 1. The normalized spacial score (nSPS) is 15.7. The SMILES string of the molecule is COc1ccc(CN2CCCN(C(=O)CCCc3cccs3)CC2)cc1. The summed E-state index contributed by atoms with van der Waals surface area (Å²) in [5.41, 5.74) is 1.29. The molecule has 0 saturated carbocycles. The summed E-state index contributed by atoms with van der Waals surface area (Å²) in [6, 6.07) is 12.5. The van der Waals surface area contributed by atoms with Crippen LogP contribution >= 0.6 is 11.3 Å². The van der Waals surface area contributed by atoms with Gasteiger partial charge in [-0.15, -0.1) is 11.3 Å². The third kappa shape index (κ3) is 5.58. The molecule has 0 radical (unpaired) electrons. The van der Waals surface area contributed by atoms with Crippen LogP contribution in [0.5, 0.6) is 5.75 Å². The molecule has 0 N–H and O–H groups in total. The van der Waals surface area contributed by atoms with Gasteiger partial charge in [0.25, 0.3) is 0 Å². The van der Waals surface area contributed by atoms with Crippen LogP contribution in [0.4, 0.5) is 0 Å². The lowest BCUT2D eigenvalue weighted by Crippen LogP contribution is -2.35. The van der Waals surface area contributed by atoms with Crippen molar-refractivity contribution < 1.29 is 9.53 Å². The average molecular weight is 373 g/mol. The zero-order valence-corrected chi connectivity index (χ0v) is 16.3. The first kappa shape index (κ1) is 18.9. The predicted molar refractivity (Wildman–Crippen MR) is 107 cm³/mol. The maximum atomic E-state index is 12.5. The number of ether oxygens (including phenoxy) is 1. The summed E-state index contributed by atoms with van der Waals surface area (Å²) in [4.78, 5) is 18.4.